The third-order valence-corrected chi connectivity index (χ3v) is 8.79. The number of methoxy groups -OCH3 is 2. The molecular formula is C34H32ClN5O5S. The first kappa shape index (κ1) is 31.1. The van der Waals surface area contributed by atoms with Gasteiger partial charge in [0, 0.05) is 60.0 Å². The van der Waals surface area contributed by atoms with Crippen LogP contribution in [0.2, 0.25) is 4.34 Å². The number of aromatic nitrogens is 3. The fourth-order valence-corrected chi connectivity index (χ4v) is 6.22. The van der Waals surface area contributed by atoms with Crippen molar-refractivity contribution in [1.82, 2.24) is 19.7 Å². The normalized spacial score (nSPS) is 13.0. The van der Waals surface area contributed by atoms with Crippen molar-refractivity contribution in [1.29, 1.82) is 0 Å². The number of hydrogen-bond donors (Lipinski definition) is 0. The van der Waals surface area contributed by atoms with E-state index in [0.717, 1.165) is 47.5 Å². The molecule has 2 aromatic carbocycles. The minimum atomic E-state index is -0.558. The summed E-state index contributed by atoms with van der Waals surface area (Å²) in [5.41, 5.74) is 4.68. The molecule has 2 amide bonds. The summed E-state index contributed by atoms with van der Waals surface area (Å²) in [6, 6.07) is 20.3. The van der Waals surface area contributed by atoms with Crippen LogP contribution >= 0.6 is 22.9 Å². The molecule has 0 unspecified atom stereocenters. The van der Waals surface area contributed by atoms with E-state index in [2.05, 4.69) is 4.98 Å². The number of pyridine rings is 1. The lowest BCUT2D eigenvalue weighted by atomic mass is 10.1. The fourth-order valence-electron chi connectivity index (χ4n) is 5.35. The highest BCUT2D eigenvalue weighted by Gasteiger charge is 2.24. The zero-order chi connectivity index (χ0) is 32.0. The van der Waals surface area contributed by atoms with Gasteiger partial charge < -0.3 is 19.1 Å². The summed E-state index contributed by atoms with van der Waals surface area (Å²) >= 11 is 7.29. The summed E-state index contributed by atoms with van der Waals surface area (Å²) in [4.78, 5) is 33.9. The molecule has 0 aliphatic carbocycles. The molecule has 12 heteroatoms. The van der Waals surface area contributed by atoms with Crippen molar-refractivity contribution in [2.45, 2.75) is 32.4 Å². The van der Waals surface area contributed by atoms with Crippen molar-refractivity contribution in [2.24, 2.45) is 0 Å². The average molecular weight is 658 g/mol. The summed E-state index contributed by atoms with van der Waals surface area (Å²) in [5, 5.41) is 5.32. The van der Waals surface area contributed by atoms with Gasteiger partial charge in [0.25, 0.3) is 0 Å². The van der Waals surface area contributed by atoms with E-state index >= 15 is 0 Å². The Morgan fingerprint density at radius 3 is 2.48 bits per heavy atom. The van der Waals surface area contributed by atoms with Crippen LogP contribution in [0.1, 0.15) is 30.4 Å². The van der Waals surface area contributed by atoms with E-state index in [4.69, 9.17) is 30.9 Å². The lowest BCUT2D eigenvalue weighted by Crippen LogP contribution is -2.35. The Hall–Kier alpha value is -4.87. The maximum Gasteiger partial charge on any atom is 0.416 e. The van der Waals surface area contributed by atoms with Gasteiger partial charge in [-0.05, 0) is 73.5 Å². The Balaban J connectivity index is 1.35. The molecule has 1 aliphatic rings. The van der Waals surface area contributed by atoms with Gasteiger partial charge in [0.05, 0.1) is 43.0 Å². The Bertz CT molecular complexity index is 1830. The Kier molecular flexibility index (Phi) is 9.51. The zero-order valence-electron chi connectivity index (χ0n) is 25.4. The quantitative estimate of drug-likeness (QED) is 0.154. The van der Waals surface area contributed by atoms with Gasteiger partial charge >= 0.3 is 6.09 Å². The number of ether oxygens (including phenoxy) is 3. The molecule has 5 aromatic rings. The number of thiophene rings is 1. The summed E-state index contributed by atoms with van der Waals surface area (Å²) < 4.78 is 19.0. The Morgan fingerprint density at radius 1 is 0.978 bits per heavy atom. The molecule has 0 spiro atoms. The summed E-state index contributed by atoms with van der Waals surface area (Å²) in [6.07, 6.45) is 7.27. The van der Waals surface area contributed by atoms with Crippen molar-refractivity contribution < 1.29 is 23.8 Å². The van der Waals surface area contributed by atoms with Crippen molar-refractivity contribution in [2.75, 3.05) is 25.7 Å². The predicted molar refractivity (Wildman–Crippen MR) is 177 cm³/mol. The number of nitrogens with zero attached hydrogens (tertiary/aromatic N) is 5. The fraction of sp³-hybridized carbons (Fsp3) is 0.235. The van der Waals surface area contributed by atoms with Gasteiger partial charge in [0.15, 0.2) is 5.06 Å². The number of halogens is 1. The van der Waals surface area contributed by atoms with Gasteiger partial charge in [-0.2, -0.15) is 5.10 Å². The van der Waals surface area contributed by atoms with E-state index in [9.17, 15) is 9.59 Å². The zero-order valence-corrected chi connectivity index (χ0v) is 27.0. The molecule has 10 nitrogen and oxygen atoms in total. The number of rotatable bonds is 10. The number of benzene rings is 2. The van der Waals surface area contributed by atoms with E-state index < -0.39 is 6.09 Å². The second-order valence-electron chi connectivity index (χ2n) is 10.7. The van der Waals surface area contributed by atoms with Crippen LogP contribution in [0.3, 0.4) is 0 Å². The van der Waals surface area contributed by atoms with Crippen LogP contribution in [-0.4, -0.2) is 52.4 Å². The molecule has 0 atom stereocenters. The number of hydrogen-bond acceptors (Lipinski definition) is 8. The average Bonchev–Trinajstić information content (AvgIpc) is 3.70. The molecule has 0 radical (unpaired) electrons. The highest BCUT2D eigenvalue weighted by Crippen LogP contribution is 2.32. The van der Waals surface area contributed by atoms with E-state index in [1.807, 2.05) is 59.6 Å². The highest BCUT2D eigenvalue weighted by molar-refractivity contribution is 7.17. The smallest absolute Gasteiger partial charge is 0.416 e. The Morgan fingerprint density at radius 2 is 1.78 bits per heavy atom. The highest BCUT2D eigenvalue weighted by atomic mass is 35.5. The number of amides is 2. The number of anilines is 1. The van der Waals surface area contributed by atoms with Gasteiger partial charge in [-0.25, -0.2) is 9.48 Å². The standard InChI is InChI=1S/C34H32ClN5O5S/c1-43-28-13-8-24(29(18-28)44-2)20-38(34(42)45-32-15-14-30(35)46-32)21-25-22-40(37-33(25)23-6-5-16-36-19-23)27-11-9-26(10-12-27)39-17-4-3-7-31(39)41/h5-6,8-16,18-19,22H,3-4,7,17,20-21H2,1-2H3. The lowest BCUT2D eigenvalue weighted by Gasteiger charge is -2.26. The van der Waals surface area contributed by atoms with Gasteiger partial charge in [-0.15, -0.1) is 0 Å². The third-order valence-electron chi connectivity index (χ3n) is 7.69. The number of carbonyl (C=O) groups is 2. The van der Waals surface area contributed by atoms with Crippen LogP contribution in [0.4, 0.5) is 10.5 Å². The first-order valence-corrected chi connectivity index (χ1v) is 15.9. The molecule has 0 bridgehead atoms. The van der Waals surface area contributed by atoms with Crippen molar-refractivity contribution in [3.63, 3.8) is 0 Å². The van der Waals surface area contributed by atoms with Crippen LogP contribution in [0.25, 0.3) is 16.9 Å². The van der Waals surface area contributed by atoms with Crippen molar-refractivity contribution in [3.05, 3.63) is 101 Å². The van der Waals surface area contributed by atoms with Gasteiger partial charge in [-0.1, -0.05) is 22.9 Å². The van der Waals surface area contributed by atoms with E-state index in [0.29, 0.717) is 33.0 Å². The van der Waals surface area contributed by atoms with Gasteiger partial charge in [0.1, 0.15) is 11.5 Å². The molecule has 6 rings (SSSR count). The first-order valence-electron chi connectivity index (χ1n) is 14.7. The molecule has 1 fully saturated rings. The third kappa shape index (κ3) is 7.00. The van der Waals surface area contributed by atoms with E-state index in [1.54, 1.807) is 54.4 Å². The van der Waals surface area contributed by atoms with Crippen LogP contribution < -0.4 is 19.1 Å². The topological polar surface area (TPSA) is 99.0 Å². The molecule has 3 aromatic heterocycles. The molecular weight excluding hydrogens is 626 g/mol. The molecule has 4 heterocycles. The SMILES string of the molecule is COc1ccc(CN(Cc2cn(-c3ccc(N4CCCCC4=O)cc3)nc2-c2cccnc2)C(=O)Oc2ccc(Cl)s2)c(OC)c1. The first-order chi connectivity index (χ1) is 22.4. The van der Waals surface area contributed by atoms with E-state index in [-0.39, 0.29) is 19.0 Å². The number of piperidine rings is 1. The minimum Gasteiger partial charge on any atom is -0.497 e. The van der Waals surface area contributed by atoms with Gasteiger partial charge in [-0.3, -0.25) is 14.7 Å². The molecule has 1 aliphatic heterocycles. The Labute approximate surface area is 275 Å². The summed E-state index contributed by atoms with van der Waals surface area (Å²) in [5.74, 6) is 1.36. The summed E-state index contributed by atoms with van der Waals surface area (Å²) in [6.45, 7) is 1.07. The number of carbonyl (C=O) groups excluding carboxylic acids is 2. The van der Waals surface area contributed by atoms with Crippen LogP contribution in [0, 0.1) is 0 Å². The largest absolute Gasteiger partial charge is 0.497 e. The van der Waals surface area contributed by atoms with Crippen LogP contribution in [0.5, 0.6) is 16.6 Å². The molecule has 1 saturated heterocycles. The second kappa shape index (κ2) is 14.1. The maximum atomic E-state index is 13.7. The van der Waals surface area contributed by atoms with Gasteiger partial charge in [0.2, 0.25) is 5.91 Å². The predicted octanol–water partition coefficient (Wildman–Crippen LogP) is 7.38. The monoisotopic (exact) mass is 657 g/mol. The van der Waals surface area contributed by atoms with Crippen LogP contribution in [0.15, 0.2) is 85.3 Å². The van der Waals surface area contributed by atoms with Crippen molar-refractivity contribution in [3.8, 4) is 33.5 Å². The van der Waals surface area contributed by atoms with E-state index in [1.165, 1.54) is 11.3 Å². The van der Waals surface area contributed by atoms with Crippen molar-refractivity contribution >= 4 is 40.6 Å². The van der Waals surface area contributed by atoms with Crippen LogP contribution in [-0.2, 0) is 17.9 Å². The molecule has 0 saturated carbocycles. The second-order valence-corrected chi connectivity index (χ2v) is 12.3. The molecule has 236 valence electrons. The maximum absolute atomic E-state index is 13.7. The minimum absolute atomic E-state index is 0.143. The lowest BCUT2D eigenvalue weighted by molar-refractivity contribution is -0.119. The molecule has 0 N–H and O–H groups in total. The molecule has 46 heavy (non-hydrogen) atoms. The summed E-state index contributed by atoms with van der Waals surface area (Å²) in [7, 11) is 3.16.